The number of amides is 1. The molecule has 76 valence electrons. The molecule has 0 saturated carbocycles. The highest BCUT2D eigenvalue weighted by atomic mass is 35.5. The van der Waals surface area contributed by atoms with Crippen molar-refractivity contribution >= 4 is 23.4 Å². The zero-order valence-corrected chi connectivity index (χ0v) is 8.89. The summed E-state index contributed by atoms with van der Waals surface area (Å²) in [5.41, 5.74) is 1.73. The summed E-state index contributed by atoms with van der Waals surface area (Å²) in [5, 5.41) is 3.28. The van der Waals surface area contributed by atoms with Crippen molar-refractivity contribution in [1.82, 2.24) is 0 Å². The minimum Gasteiger partial charge on any atom is -0.453 e. The molecular weight excluding hydrogens is 202 g/mol. The Kier molecular flexibility index (Phi) is 3.77. The third kappa shape index (κ3) is 2.64. The smallest absolute Gasteiger partial charge is 0.411 e. The fraction of sp³-hybridized carbons (Fsp3) is 0.300. The first-order valence-corrected chi connectivity index (χ1v) is 4.68. The van der Waals surface area contributed by atoms with Crippen molar-refractivity contribution in [1.29, 1.82) is 0 Å². The molecule has 3 nitrogen and oxygen atoms in total. The van der Waals surface area contributed by atoms with Crippen LogP contribution in [0.25, 0.3) is 0 Å². The first-order chi connectivity index (χ1) is 6.67. The van der Waals surface area contributed by atoms with E-state index in [1.807, 2.05) is 13.0 Å². The Morgan fingerprint density at radius 1 is 1.57 bits per heavy atom. The van der Waals surface area contributed by atoms with Crippen molar-refractivity contribution in [3.63, 3.8) is 0 Å². The van der Waals surface area contributed by atoms with Crippen molar-refractivity contribution in [2.24, 2.45) is 0 Å². The number of ether oxygens (including phenoxy) is 1. The van der Waals surface area contributed by atoms with Gasteiger partial charge in [-0.15, -0.1) is 0 Å². The third-order valence-electron chi connectivity index (χ3n) is 1.87. The maximum Gasteiger partial charge on any atom is 0.411 e. The van der Waals surface area contributed by atoms with Gasteiger partial charge >= 0.3 is 6.09 Å². The topological polar surface area (TPSA) is 38.3 Å². The van der Waals surface area contributed by atoms with Gasteiger partial charge in [0.1, 0.15) is 0 Å². The van der Waals surface area contributed by atoms with Crippen molar-refractivity contribution in [3.05, 3.63) is 28.8 Å². The first kappa shape index (κ1) is 10.9. The summed E-state index contributed by atoms with van der Waals surface area (Å²) >= 11 is 5.82. The van der Waals surface area contributed by atoms with Gasteiger partial charge in [-0.05, 0) is 30.2 Å². The van der Waals surface area contributed by atoms with Gasteiger partial charge in [-0.3, -0.25) is 5.32 Å². The van der Waals surface area contributed by atoms with Crippen molar-refractivity contribution in [2.45, 2.75) is 13.3 Å². The van der Waals surface area contributed by atoms with Gasteiger partial charge in [0.25, 0.3) is 0 Å². The van der Waals surface area contributed by atoms with E-state index < -0.39 is 6.09 Å². The maximum absolute atomic E-state index is 11.0. The molecule has 0 atom stereocenters. The Labute approximate surface area is 88.0 Å². The lowest BCUT2D eigenvalue weighted by molar-refractivity contribution is 0.187. The monoisotopic (exact) mass is 213 g/mol. The molecule has 0 radical (unpaired) electrons. The molecule has 14 heavy (non-hydrogen) atoms. The average molecular weight is 214 g/mol. The van der Waals surface area contributed by atoms with Gasteiger partial charge in [0.2, 0.25) is 0 Å². The lowest BCUT2D eigenvalue weighted by Gasteiger charge is -2.08. The number of rotatable bonds is 2. The number of benzene rings is 1. The van der Waals surface area contributed by atoms with Crippen LogP contribution in [-0.4, -0.2) is 13.2 Å². The quantitative estimate of drug-likeness (QED) is 0.820. The Morgan fingerprint density at radius 3 is 2.86 bits per heavy atom. The van der Waals surface area contributed by atoms with Gasteiger partial charge in [0.05, 0.1) is 7.11 Å². The molecule has 4 heteroatoms. The molecule has 1 rings (SSSR count). The minimum atomic E-state index is -0.470. The van der Waals surface area contributed by atoms with E-state index in [-0.39, 0.29) is 0 Å². The number of nitrogens with one attached hydrogen (secondary N) is 1. The number of methoxy groups -OCH3 is 1. The van der Waals surface area contributed by atoms with Crippen LogP contribution < -0.4 is 5.32 Å². The Hall–Kier alpha value is -1.22. The molecule has 0 fully saturated rings. The maximum atomic E-state index is 11.0. The van der Waals surface area contributed by atoms with E-state index in [0.29, 0.717) is 5.02 Å². The molecule has 1 amide bonds. The van der Waals surface area contributed by atoms with Crippen LogP contribution in [0.5, 0.6) is 0 Å². The molecule has 0 aliphatic rings. The fourth-order valence-corrected chi connectivity index (χ4v) is 1.33. The lowest BCUT2D eigenvalue weighted by Crippen LogP contribution is -2.12. The Morgan fingerprint density at radius 2 is 2.29 bits per heavy atom. The number of carbonyl (C=O) groups is 1. The van der Waals surface area contributed by atoms with E-state index in [0.717, 1.165) is 17.7 Å². The molecular formula is C10H12ClNO2. The third-order valence-corrected chi connectivity index (χ3v) is 2.11. The second kappa shape index (κ2) is 4.86. The second-order valence-electron chi connectivity index (χ2n) is 2.77. The molecule has 0 heterocycles. The lowest BCUT2D eigenvalue weighted by atomic mass is 10.1. The van der Waals surface area contributed by atoms with E-state index >= 15 is 0 Å². The number of hydrogen-bond donors (Lipinski definition) is 1. The SMILES string of the molecule is CCc1cc(Cl)ccc1NC(=O)OC. The van der Waals surface area contributed by atoms with E-state index in [1.165, 1.54) is 7.11 Å². The van der Waals surface area contributed by atoms with Crippen molar-refractivity contribution < 1.29 is 9.53 Å². The van der Waals surface area contributed by atoms with Gasteiger partial charge in [0.15, 0.2) is 0 Å². The van der Waals surface area contributed by atoms with E-state index in [9.17, 15) is 4.79 Å². The molecule has 0 spiro atoms. The number of aryl methyl sites for hydroxylation is 1. The summed E-state index contributed by atoms with van der Waals surface area (Å²) < 4.78 is 4.50. The van der Waals surface area contributed by atoms with Crippen LogP contribution in [-0.2, 0) is 11.2 Å². The summed E-state index contributed by atoms with van der Waals surface area (Å²) in [6.07, 6.45) is 0.335. The predicted molar refractivity (Wildman–Crippen MR) is 56.9 cm³/mol. The standard InChI is InChI=1S/C10H12ClNO2/c1-3-7-6-8(11)4-5-9(7)12-10(13)14-2/h4-6H,3H2,1-2H3,(H,12,13). The normalized spacial score (nSPS) is 9.64. The van der Waals surface area contributed by atoms with Crippen LogP contribution in [0, 0.1) is 0 Å². The molecule has 1 aromatic rings. The zero-order valence-electron chi connectivity index (χ0n) is 8.13. The van der Waals surface area contributed by atoms with E-state index in [1.54, 1.807) is 12.1 Å². The van der Waals surface area contributed by atoms with Crippen LogP contribution >= 0.6 is 11.6 Å². The molecule has 0 aliphatic heterocycles. The van der Waals surface area contributed by atoms with Crippen LogP contribution in [0.1, 0.15) is 12.5 Å². The minimum absolute atomic E-state index is 0.470. The van der Waals surface area contributed by atoms with Gasteiger partial charge in [0, 0.05) is 10.7 Å². The summed E-state index contributed by atoms with van der Waals surface area (Å²) in [7, 11) is 1.33. The van der Waals surface area contributed by atoms with Crippen LogP contribution in [0.15, 0.2) is 18.2 Å². The number of hydrogen-bond acceptors (Lipinski definition) is 2. The number of halogens is 1. The number of carbonyl (C=O) groups excluding carboxylic acids is 1. The van der Waals surface area contributed by atoms with Gasteiger partial charge in [-0.1, -0.05) is 18.5 Å². The first-order valence-electron chi connectivity index (χ1n) is 4.30. The molecule has 0 unspecified atom stereocenters. The molecule has 0 aliphatic carbocycles. The average Bonchev–Trinajstić information content (AvgIpc) is 2.20. The van der Waals surface area contributed by atoms with Crippen molar-refractivity contribution in [2.75, 3.05) is 12.4 Å². The van der Waals surface area contributed by atoms with Gasteiger partial charge in [-0.25, -0.2) is 4.79 Å². The highest BCUT2D eigenvalue weighted by Crippen LogP contribution is 2.21. The zero-order chi connectivity index (χ0) is 10.6. The summed E-state index contributed by atoms with van der Waals surface area (Å²) in [6.45, 7) is 1.99. The highest BCUT2D eigenvalue weighted by Gasteiger charge is 2.05. The summed E-state index contributed by atoms with van der Waals surface area (Å²) in [5.74, 6) is 0. The Balaban J connectivity index is 2.90. The van der Waals surface area contributed by atoms with Gasteiger partial charge in [-0.2, -0.15) is 0 Å². The molecule has 0 aromatic heterocycles. The Bertz CT molecular complexity index is 339. The summed E-state index contributed by atoms with van der Waals surface area (Å²) in [4.78, 5) is 11.0. The number of anilines is 1. The fourth-order valence-electron chi connectivity index (χ4n) is 1.14. The van der Waals surface area contributed by atoms with Crippen molar-refractivity contribution in [3.8, 4) is 0 Å². The van der Waals surface area contributed by atoms with Gasteiger partial charge < -0.3 is 4.74 Å². The van der Waals surface area contributed by atoms with Crippen LogP contribution in [0.2, 0.25) is 5.02 Å². The summed E-state index contributed by atoms with van der Waals surface area (Å²) in [6, 6.07) is 5.32. The van der Waals surface area contributed by atoms with E-state index in [2.05, 4.69) is 10.1 Å². The predicted octanol–water partition coefficient (Wildman–Crippen LogP) is 3.08. The highest BCUT2D eigenvalue weighted by molar-refractivity contribution is 6.30. The van der Waals surface area contributed by atoms with E-state index in [4.69, 9.17) is 11.6 Å². The second-order valence-corrected chi connectivity index (χ2v) is 3.21. The molecule has 1 N–H and O–H groups in total. The largest absolute Gasteiger partial charge is 0.453 e. The van der Waals surface area contributed by atoms with Crippen LogP contribution in [0.3, 0.4) is 0 Å². The van der Waals surface area contributed by atoms with Crippen LogP contribution in [0.4, 0.5) is 10.5 Å². The molecule has 1 aromatic carbocycles. The molecule has 0 bridgehead atoms. The molecule has 0 saturated heterocycles.